The zero-order chi connectivity index (χ0) is 22.0. The van der Waals surface area contributed by atoms with Gasteiger partial charge in [0, 0.05) is 31.9 Å². The first-order valence-corrected chi connectivity index (χ1v) is 11.3. The largest absolute Gasteiger partial charge is 0.369 e. The van der Waals surface area contributed by atoms with Crippen molar-refractivity contribution in [1.29, 1.82) is 0 Å². The van der Waals surface area contributed by atoms with Gasteiger partial charge in [0.15, 0.2) is 5.82 Å². The molecule has 1 atom stereocenters. The Balaban J connectivity index is 1.63. The third-order valence-electron chi connectivity index (χ3n) is 6.89. The highest BCUT2D eigenvalue weighted by Gasteiger charge is 2.34. The highest BCUT2D eigenvalue weighted by molar-refractivity contribution is 5.56. The van der Waals surface area contributed by atoms with E-state index in [0.717, 1.165) is 38.4 Å². The van der Waals surface area contributed by atoms with Crippen LogP contribution in [0.4, 0.5) is 5.69 Å². The van der Waals surface area contributed by atoms with E-state index in [9.17, 15) is 0 Å². The molecule has 31 heavy (non-hydrogen) atoms. The average molecular weight is 419 g/mol. The monoisotopic (exact) mass is 418 g/mol. The quantitative estimate of drug-likeness (QED) is 0.596. The van der Waals surface area contributed by atoms with Gasteiger partial charge >= 0.3 is 0 Å². The first kappa shape index (κ1) is 21.5. The minimum atomic E-state index is -0.133. The number of rotatable bonds is 6. The van der Waals surface area contributed by atoms with E-state index in [4.69, 9.17) is 0 Å². The molecule has 0 N–H and O–H groups in total. The van der Waals surface area contributed by atoms with E-state index in [1.807, 2.05) is 4.68 Å². The molecule has 6 nitrogen and oxygen atoms in total. The van der Waals surface area contributed by atoms with E-state index in [1.165, 1.54) is 22.4 Å². The van der Waals surface area contributed by atoms with E-state index in [1.54, 1.807) is 0 Å². The van der Waals surface area contributed by atoms with E-state index >= 15 is 0 Å². The lowest BCUT2D eigenvalue weighted by Crippen LogP contribution is -2.49. The Bertz CT molecular complexity index is 1000. The molecule has 6 heteroatoms. The molecule has 3 aromatic rings. The second kappa shape index (κ2) is 8.79. The second-order valence-corrected chi connectivity index (χ2v) is 9.17. The Morgan fingerprint density at radius 2 is 1.65 bits per heavy atom. The Morgan fingerprint density at radius 3 is 2.32 bits per heavy atom. The number of tetrazole rings is 1. The smallest absolute Gasteiger partial charge is 0.173 e. The van der Waals surface area contributed by atoms with Gasteiger partial charge in [-0.15, -0.1) is 5.10 Å². The lowest BCUT2D eigenvalue weighted by Gasteiger charge is -2.41. The Labute approximate surface area is 185 Å². The zero-order valence-corrected chi connectivity index (χ0v) is 19.4. The summed E-state index contributed by atoms with van der Waals surface area (Å²) in [6, 6.07) is 17.3. The molecule has 0 amide bonds. The maximum atomic E-state index is 4.53. The average Bonchev–Trinajstić information content (AvgIpc) is 3.28. The number of hydrogen-bond donors (Lipinski definition) is 0. The van der Waals surface area contributed by atoms with Crippen molar-refractivity contribution in [3.63, 3.8) is 0 Å². The molecule has 1 aliphatic heterocycles. The first-order valence-electron chi connectivity index (χ1n) is 11.3. The third-order valence-corrected chi connectivity index (χ3v) is 6.89. The van der Waals surface area contributed by atoms with E-state index in [2.05, 4.69) is 108 Å². The van der Waals surface area contributed by atoms with Crippen LogP contribution in [-0.4, -0.2) is 51.3 Å². The topological polar surface area (TPSA) is 50.1 Å². The van der Waals surface area contributed by atoms with Crippen LogP contribution < -0.4 is 4.90 Å². The zero-order valence-electron chi connectivity index (χ0n) is 19.4. The SMILES string of the molecule is CCC(C)(C)n1nnnc1[C@@H](c1ccccc1)N1CCN(c2cccc(C)c2C)CC1. The lowest BCUT2D eigenvalue weighted by molar-refractivity contribution is 0.187. The van der Waals surface area contributed by atoms with Crippen LogP contribution in [0.3, 0.4) is 0 Å². The molecule has 2 aromatic carbocycles. The van der Waals surface area contributed by atoms with Crippen molar-refractivity contribution in [3.8, 4) is 0 Å². The summed E-state index contributed by atoms with van der Waals surface area (Å²) in [6.07, 6.45) is 0.965. The van der Waals surface area contributed by atoms with Crippen LogP contribution in [0.5, 0.6) is 0 Å². The van der Waals surface area contributed by atoms with Crippen LogP contribution in [0.15, 0.2) is 48.5 Å². The van der Waals surface area contributed by atoms with Gasteiger partial charge in [-0.2, -0.15) is 0 Å². The van der Waals surface area contributed by atoms with Crippen LogP contribution in [0, 0.1) is 13.8 Å². The van der Waals surface area contributed by atoms with Crippen LogP contribution >= 0.6 is 0 Å². The summed E-state index contributed by atoms with van der Waals surface area (Å²) in [5.74, 6) is 0.929. The fourth-order valence-corrected chi connectivity index (χ4v) is 4.40. The number of anilines is 1. The molecule has 2 heterocycles. The number of hydrogen-bond acceptors (Lipinski definition) is 5. The van der Waals surface area contributed by atoms with Crippen LogP contribution in [0.1, 0.15) is 55.7 Å². The van der Waals surface area contributed by atoms with E-state index < -0.39 is 0 Å². The Morgan fingerprint density at radius 1 is 0.935 bits per heavy atom. The van der Waals surface area contributed by atoms with Gasteiger partial charge in [0.1, 0.15) is 0 Å². The molecular formula is C25H34N6. The van der Waals surface area contributed by atoms with Gasteiger partial charge in [0.25, 0.3) is 0 Å². The third kappa shape index (κ3) is 4.22. The van der Waals surface area contributed by atoms with Crippen LogP contribution in [-0.2, 0) is 5.54 Å². The lowest BCUT2D eigenvalue weighted by atomic mass is 9.99. The van der Waals surface area contributed by atoms with Crippen LogP contribution in [0.25, 0.3) is 0 Å². The Kier molecular flexibility index (Phi) is 6.10. The number of piperazine rings is 1. The fourth-order valence-electron chi connectivity index (χ4n) is 4.40. The summed E-state index contributed by atoms with van der Waals surface area (Å²) in [5.41, 5.74) is 5.19. The van der Waals surface area contributed by atoms with Crippen molar-refractivity contribution < 1.29 is 0 Å². The minimum absolute atomic E-state index is 0.0442. The van der Waals surface area contributed by atoms with Gasteiger partial charge in [-0.05, 0) is 67.3 Å². The fraction of sp³-hybridized carbons (Fsp3) is 0.480. The van der Waals surface area contributed by atoms with Crippen molar-refractivity contribution in [2.45, 2.75) is 52.6 Å². The first-order chi connectivity index (χ1) is 14.9. The molecule has 0 spiro atoms. The molecular weight excluding hydrogens is 384 g/mol. The van der Waals surface area contributed by atoms with Gasteiger partial charge in [-0.25, -0.2) is 4.68 Å². The summed E-state index contributed by atoms with van der Waals surface area (Å²) >= 11 is 0. The highest BCUT2D eigenvalue weighted by Crippen LogP contribution is 2.32. The second-order valence-electron chi connectivity index (χ2n) is 9.17. The predicted octanol–water partition coefficient (Wildman–Crippen LogP) is 4.35. The summed E-state index contributed by atoms with van der Waals surface area (Å²) < 4.78 is 2.03. The molecule has 1 aromatic heterocycles. The summed E-state index contributed by atoms with van der Waals surface area (Å²) in [5, 5.41) is 13.0. The Hall–Kier alpha value is -2.73. The van der Waals surface area contributed by atoms with Crippen molar-refractivity contribution in [3.05, 3.63) is 71.0 Å². The molecule has 0 unspecified atom stereocenters. The van der Waals surface area contributed by atoms with Crippen molar-refractivity contribution in [1.82, 2.24) is 25.1 Å². The highest BCUT2D eigenvalue weighted by atomic mass is 15.6. The van der Waals surface area contributed by atoms with Crippen molar-refractivity contribution >= 4 is 5.69 Å². The van der Waals surface area contributed by atoms with Gasteiger partial charge in [0.05, 0.1) is 11.6 Å². The number of aromatic nitrogens is 4. The van der Waals surface area contributed by atoms with Gasteiger partial charge in [-0.3, -0.25) is 4.90 Å². The molecule has 1 saturated heterocycles. The van der Waals surface area contributed by atoms with Gasteiger partial charge in [0.2, 0.25) is 0 Å². The molecule has 4 rings (SSSR count). The maximum absolute atomic E-state index is 4.53. The van der Waals surface area contributed by atoms with Crippen molar-refractivity contribution in [2.24, 2.45) is 0 Å². The molecule has 164 valence electrons. The van der Waals surface area contributed by atoms with Gasteiger partial charge in [-0.1, -0.05) is 49.4 Å². The summed E-state index contributed by atoms with van der Waals surface area (Å²) in [7, 11) is 0. The number of benzene rings is 2. The van der Waals surface area contributed by atoms with Gasteiger partial charge < -0.3 is 4.90 Å². The predicted molar refractivity (Wildman–Crippen MR) is 125 cm³/mol. The molecule has 1 aliphatic rings. The molecule has 0 bridgehead atoms. The van der Waals surface area contributed by atoms with E-state index in [0.29, 0.717) is 0 Å². The standard InChI is InChI=1S/C25H34N6/c1-6-25(4,5)31-24(26-27-28-31)23(21-12-8-7-9-13-21)30-17-15-29(16-18-30)22-14-10-11-19(2)20(22)3/h7-14,23H,6,15-18H2,1-5H3/t23-/m1/s1. The molecule has 1 fully saturated rings. The normalized spacial score (nSPS) is 16.5. The number of aryl methyl sites for hydroxylation is 1. The molecule has 0 radical (unpaired) electrons. The molecule has 0 saturated carbocycles. The van der Waals surface area contributed by atoms with Crippen LogP contribution in [0.2, 0.25) is 0 Å². The molecule has 0 aliphatic carbocycles. The number of nitrogens with zero attached hydrogens (tertiary/aromatic N) is 6. The van der Waals surface area contributed by atoms with Crippen molar-refractivity contribution in [2.75, 3.05) is 31.1 Å². The van der Waals surface area contributed by atoms with E-state index in [-0.39, 0.29) is 11.6 Å². The summed E-state index contributed by atoms with van der Waals surface area (Å²) in [4.78, 5) is 5.05. The summed E-state index contributed by atoms with van der Waals surface area (Å²) in [6.45, 7) is 14.9. The minimum Gasteiger partial charge on any atom is -0.369 e. The maximum Gasteiger partial charge on any atom is 0.173 e.